The fourth-order valence-corrected chi connectivity index (χ4v) is 1.51. The van der Waals surface area contributed by atoms with E-state index in [0.29, 0.717) is 0 Å². The molecule has 0 amide bonds. The first-order valence-electron chi connectivity index (χ1n) is 4.29. The molecular weight excluding hydrogens is 164 g/mol. The van der Waals surface area contributed by atoms with Gasteiger partial charge in [-0.3, -0.25) is 4.79 Å². The number of hydrogen-bond donors (Lipinski definition) is 0. The van der Waals surface area contributed by atoms with Crippen LogP contribution in [0.5, 0.6) is 5.75 Å². The van der Waals surface area contributed by atoms with E-state index in [4.69, 9.17) is 4.74 Å². The molecule has 0 radical (unpaired) electrons. The van der Waals surface area contributed by atoms with Crippen LogP contribution in [0.15, 0.2) is 12.1 Å². The maximum atomic E-state index is 10.1. The SMILES string of the molecule is Cc1cc(C)c(OCC=O)c(C)c1. The van der Waals surface area contributed by atoms with Gasteiger partial charge in [-0.25, -0.2) is 0 Å². The van der Waals surface area contributed by atoms with Gasteiger partial charge in [0.15, 0.2) is 6.29 Å². The Bertz CT molecular complexity index is 293. The van der Waals surface area contributed by atoms with Gasteiger partial charge in [0, 0.05) is 0 Å². The Balaban J connectivity index is 2.98. The van der Waals surface area contributed by atoms with Gasteiger partial charge in [0.25, 0.3) is 0 Å². The van der Waals surface area contributed by atoms with Gasteiger partial charge in [-0.05, 0) is 31.9 Å². The Morgan fingerprint density at radius 1 is 1.23 bits per heavy atom. The van der Waals surface area contributed by atoms with Crippen molar-refractivity contribution in [2.45, 2.75) is 20.8 Å². The average molecular weight is 178 g/mol. The molecule has 13 heavy (non-hydrogen) atoms. The molecule has 0 atom stereocenters. The zero-order chi connectivity index (χ0) is 9.84. The molecule has 0 N–H and O–H groups in total. The van der Waals surface area contributed by atoms with Crippen molar-refractivity contribution >= 4 is 6.29 Å². The van der Waals surface area contributed by atoms with Gasteiger partial charge in [-0.1, -0.05) is 17.7 Å². The van der Waals surface area contributed by atoms with Crippen molar-refractivity contribution in [2.75, 3.05) is 6.61 Å². The maximum Gasteiger partial charge on any atom is 0.157 e. The highest BCUT2D eigenvalue weighted by molar-refractivity contribution is 5.52. The summed E-state index contributed by atoms with van der Waals surface area (Å²) in [7, 11) is 0. The van der Waals surface area contributed by atoms with Crippen molar-refractivity contribution in [1.82, 2.24) is 0 Å². The monoisotopic (exact) mass is 178 g/mol. The minimum atomic E-state index is 0.130. The van der Waals surface area contributed by atoms with Crippen LogP contribution in [0.2, 0.25) is 0 Å². The summed E-state index contributed by atoms with van der Waals surface area (Å²) in [5.74, 6) is 0.831. The van der Waals surface area contributed by atoms with E-state index >= 15 is 0 Å². The molecular formula is C11H14O2. The zero-order valence-corrected chi connectivity index (χ0v) is 8.26. The van der Waals surface area contributed by atoms with E-state index < -0.39 is 0 Å². The van der Waals surface area contributed by atoms with E-state index in [2.05, 4.69) is 0 Å². The van der Waals surface area contributed by atoms with Crippen molar-refractivity contribution in [3.8, 4) is 5.75 Å². The average Bonchev–Trinajstić information content (AvgIpc) is 2.02. The third kappa shape index (κ3) is 2.31. The Labute approximate surface area is 78.5 Å². The number of benzene rings is 1. The Morgan fingerprint density at radius 2 is 1.77 bits per heavy atom. The summed E-state index contributed by atoms with van der Waals surface area (Å²) in [6.07, 6.45) is 0.763. The highest BCUT2D eigenvalue weighted by Crippen LogP contribution is 2.24. The minimum absolute atomic E-state index is 0.130. The second-order valence-electron chi connectivity index (χ2n) is 3.21. The molecule has 1 aromatic rings. The predicted octanol–water partition coefficient (Wildman–Crippen LogP) is 2.19. The predicted molar refractivity (Wildman–Crippen MR) is 52.2 cm³/mol. The van der Waals surface area contributed by atoms with Crippen molar-refractivity contribution in [3.63, 3.8) is 0 Å². The standard InChI is InChI=1S/C11H14O2/c1-8-6-9(2)11(10(3)7-8)13-5-4-12/h4,6-7H,5H2,1-3H3. The molecule has 1 aromatic carbocycles. The van der Waals surface area contributed by atoms with Crippen LogP contribution in [0.25, 0.3) is 0 Å². The number of rotatable bonds is 3. The van der Waals surface area contributed by atoms with Crippen LogP contribution in [-0.2, 0) is 4.79 Å². The lowest BCUT2D eigenvalue weighted by molar-refractivity contribution is -0.109. The minimum Gasteiger partial charge on any atom is -0.486 e. The second-order valence-corrected chi connectivity index (χ2v) is 3.21. The van der Waals surface area contributed by atoms with Gasteiger partial charge in [0.1, 0.15) is 12.4 Å². The first-order chi connectivity index (χ1) is 6.15. The normalized spacial score (nSPS) is 9.77. The Kier molecular flexibility index (Phi) is 3.07. The molecule has 0 unspecified atom stereocenters. The quantitative estimate of drug-likeness (QED) is 0.663. The molecule has 70 valence electrons. The first kappa shape index (κ1) is 9.78. The lowest BCUT2D eigenvalue weighted by Gasteiger charge is -2.10. The fraction of sp³-hybridized carbons (Fsp3) is 0.364. The van der Waals surface area contributed by atoms with Crippen LogP contribution in [0.1, 0.15) is 16.7 Å². The number of ether oxygens (including phenoxy) is 1. The number of carbonyl (C=O) groups excluding carboxylic acids is 1. The molecule has 1 rings (SSSR count). The van der Waals surface area contributed by atoms with Crippen LogP contribution in [0.3, 0.4) is 0 Å². The van der Waals surface area contributed by atoms with Crippen molar-refractivity contribution < 1.29 is 9.53 Å². The topological polar surface area (TPSA) is 26.3 Å². The largest absolute Gasteiger partial charge is 0.486 e. The first-order valence-corrected chi connectivity index (χ1v) is 4.29. The molecule has 0 aliphatic heterocycles. The molecule has 0 aromatic heterocycles. The summed E-state index contributed by atoms with van der Waals surface area (Å²) in [6.45, 7) is 6.15. The van der Waals surface area contributed by atoms with Gasteiger partial charge >= 0.3 is 0 Å². The van der Waals surface area contributed by atoms with E-state index in [1.807, 2.05) is 32.9 Å². The van der Waals surface area contributed by atoms with Gasteiger partial charge in [0.2, 0.25) is 0 Å². The Morgan fingerprint density at radius 3 is 2.23 bits per heavy atom. The number of aryl methyl sites for hydroxylation is 3. The summed E-state index contributed by atoms with van der Waals surface area (Å²) in [6, 6.07) is 4.10. The molecule has 0 saturated heterocycles. The smallest absolute Gasteiger partial charge is 0.157 e. The highest BCUT2D eigenvalue weighted by Gasteiger charge is 2.03. The summed E-state index contributed by atoms with van der Waals surface area (Å²) in [5.41, 5.74) is 3.38. The van der Waals surface area contributed by atoms with E-state index in [-0.39, 0.29) is 6.61 Å². The van der Waals surface area contributed by atoms with Crippen LogP contribution >= 0.6 is 0 Å². The van der Waals surface area contributed by atoms with E-state index in [9.17, 15) is 4.79 Å². The third-order valence-electron chi connectivity index (χ3n) is 1.90. The molecule has 0 bridgehead atoms. The van der Waals surface area contributed by atoms with Crippen molar-refractivity contribution in [1.29, 1.82) is 0 Å². The maximum absolute atomic E-state index is 10.1. The summed E-state index contributed by atoms with van der Waals surface area (Å²) in [5, 5.41) is 0. The molecule has 0 aliphatic rings. The summed E-state index contributed by atoms with van der Waals surface area (Å²) >= 11 is 0. The van der Waals surface area contributed by atoms with E-state index in [1.165, 1.54) is 5.56 Å². The van der Waals surface area contributed by atoms with Crippen LogP contribution in [0, 0.1) is 20.8 Å². The van der Waals surface area contributed by atoms with Crippen LogP contribution < -0.4 is 4.74 Å². The van der Waals surface area contributed by atoms with Gasteiger partial charge in [-0.2, -0.15) is 0 Å². The van der Waals surface area contributed by atoms with Crippen LogP contribution in [-0.4, -0.2) is 12.9 Å². The fourth-order valence-electron chi connectivity index (χ4n) is 1.51. The summed E-state index contributed by atoms with van der Waals surface area (Å²) < 4.78 is 5.30. The molecule has 2 nitrogen and oxygen atoms in total. The molecule has 0 spiro atoms. The molecule has 2 heteroatoms. The van der Waals surface area contributed by atoms with E-state index in [0.717, 1.165) is 23.2 Å². The Hall–Kier alpha value is -1.31. The third-order valence-corrected chi connectivity index (χ3v) is 1.90. The lowest BCUT2D eigenvalue weighted by atomic mass is 10.1. The molecule has 0 heterocycles. The van der Waals surface area contributed by atoms with Gasteiger partial charge in [-0.15, -0.1) is 0 Å². The van der Waals surface area contributed by atoms with Crippen LogP contribution in [0.4, 0.5) is 0 Å². The second kappa shape index (κ2) is 4.08. The number of hydrogen-bond acceptors (Lipinski definition) is 2. The van der Waals surface area contributed by atoms with Crippen molar-refractivity contribution in [2.24, 2.45) is 0 Å². The molecule has 0 fully saturated rings. The lowest BCUT2D eigenvalue weighted by Crippen LogP contribution is -2.01. The number of carbonyl (C=O) groups is 1. The molecule has 0 aliphatic carbocycles. The summed E-state index contributed by atoms with van der Waals surface area (Å²) in [4.78, 5) is 10.1. The van der Waals surface area contributed by atoms with Crippen molar-refractivity contribution in [3.05, 3.63) is 28.8 Å². The molecule has 0 saturated carbocycles. The van der Waals surface area contributed by atoms with E-state index in [1.54, 1.807) is 0 Å². The van der Waals surface area contributed by atoms with Gasteiger partial charge in [0.05, 0.1) is 0 Å². The zero-order valence-electron chi connectivity index (χ0n) is 8.26. The number of aldehydes is 1. The highest BCUT2D eigenvalue weighted by atomic mass is 16.5. The van der Waals surface area contributed by atoms with Gasteiger partial charge < -0.3 is 4.74 Å².